The van der Waals surface area contributed by atoms with Crippen molar-refractivity contribution in [1.29, 1.82) is 0 Å². The highest BCUT2D eigenvalue weighted by Crippen LogP contribution is 2.54. The van der Waals surface area contributed by atoms with E-state index in [-0.39, 0.29) is 65.6 Å². The molecule has 58 heavy (non-hydrogen) atoms. The first-order chi connectivity index (χ1) is 27.9. The summed E-state index contributed by atoms with van der Waals surface area (Å²) in [5.41, 5.74) is 1.18. The SMILES string of the molecule is CC1COc2ccc(N3C(=O)c4cc(Cl)c5c6c(Cl)cc7c8c(cc(Cl)c(c9c(Cl)cc(c4c59)C3=O)c86)C(=O)N(c3ccc4c(c3)OCC(C)CO4)C7=O)cc2OC1. The molecule has 0 saturated heterocycles. The van der Waals surface area contributed by atoms with Crippen LogP contribution in [-0.2, 0) is 0 Å². The molecular weight excluding hydrogens is 826 g/mol. The molecule has 4 amide bonds. The summed E-state index contributed by atoms with van der Waals surface area (Å²) < 4.78 is 23.7. The van der Waals surface area contributed by atoms with Crippen molar-refractivity contribution in [3.63, 3.8) is 0 Å². The van der Waals surface area contributed by atoms with Crippen LogP contribution >= 0.6 is 46.4 Å². The minimum absolute atomic E-state index is 0.133. The van der Waals surface area contributed by atoms with Gasteiger partial charge in [0.15, 0.2) is 23.0 Å². The van der Waals surface area contributed by atoms with Crippen LogP contribution in [0.25, 0.3) is 43.1 Å². The van der Waals surface area contributed by atoms with Gasteiger partial charge in [-0.1, -0.05) is 60.3 Å². The Balaban J connectivity index is 1.13. The third-order valence-electron chi connectivity index (χ3n) is 11.3. The lowest BCUT2D eigenvalue weighted by molar-refractivity contribution is 0.0877. The lowest BCUT2D eigenvalue weighted by atomic mass is 9.82. The van der Waals surface area contributed by atoms with E-state index in [0.29, 0.717) is 92.5 Å². The number of amides is 4. The molecule has 0 saturated carbocycles. The van der Waals surface area contributed by atoms with Crippen LogP contribution in [0.4, 0.5) is 11.4 Å². The highest BCUT2D eigenvalue weighted by Gasteiger charge is 2.41. The summed E-state index contributed by atoms with van der Waals surface area (Å²) in [5.74, 6) is -0.352. The van der Waals surface area contributed by atoms with Crippen molar-refractivity contribution in [1.82, 2.24) is 0 Å². The standard InChI is InChI=1S/C44H26Cl4N2O8/c1-17-13-55-29-5-3-19(7-31(29)57-15-17)49-41(51)21-9-25(45)35-37-27(47)11-23-34-24(12-28(48)38(40(34)37)36-26(46)10-22(42(49)52)33(21)39(35)36)44(54)50(43(23)53)20-4-6-30-32(8-20)58-16-18(2)14-56-30/h3-12,17-18H,13-16H2,1-2H3. The summed E-state index contributed by atoms with van der Waals surface area (Å²) in [6.45, 7) is 5.72. The van der Waals surface area contributed by atoms with Crippen LogP contribution in [0.15, 0.2) is 60.7 Å². The first kappa shape index (κ1) is 35.6. The number of hydrogen-bond acceptors (Lipinski definition) is 8. The Labute approximate surface area is 348 Å². The summed E-state index contributed by atoms with van der Waals surface area (Å²) in [6, 6.07) is 15.8. The molecule has 4 heterocycles. The topological polar surface area (TPSA) is 112 Å². The zero-order chi connectivity index (χ0) is 40.0. The van der Waals surface area contributed by atoms with Crippen LogP contribution in [0.5, 0.6) is 23.0 Å². The summed E-state index contributed by atoms with van der Waals surface area (Å²) in [5, 5.41) is 3.50. The van der Waals surface area contributed by atoms with Gasteiger partial charge in [0.25, 0.3) is 23.6 Å². The third kappa shape index (κ3) is 4.80. The second kappa shape index (κ2) is 12.5. The monoisotopic (exact) mass is 850 g/mol. The molecule has 10 nitrogen and oxygen atoms in total. The van der Waals surface area contributed by atoms with E-state index in [1.807, 2.05) is 13.8 Å². The van der Waals surface area contributed by atoms with Crippen LogP contribution in [0, 0.1) is 11.8 Å². The second-order valence-corrected chi connectivity index (χ2v) is 16.9. The zero-order valence-corrected chi connectivity index (χ0v) is 33.5. The number of carbonyl (C=O) groups is 4. The minimum Gasteiger partial charge on any atom is -0.489 e. The fraction of sp³-hybridized carbons (Fsp3) is 0.182. The predicted octanol–water partition coefficient (Wildman–Crippen LogP) is 10.8. The van der Waals surface area contributed by atoms with Crippen molar-refractivity contribution in [2.45, 2.75) is 13.8 Å². The molecule has 4 aliphatic heterocycles. The molecule has 2 atom stereocenters. The smallest absolute Gasteiger partial charge is 0.266 e. The van der Waals surface area contributed by atoms with E-state index in [9.17, 15) is 19.2 Å². The van der Waals surface area contributed by atoms with Gasteiger partial charge in [-0.25, -0.2) is 9.80 Å². The second-order valence-electron chi connectivity index (χ2n) is 15.2. The van der Waals surface area contributed by atoms with Gasteiger partial charge >= 0.3 is 0 Å². The molecule has 0 aliphatic carbocycles. The number of fused-ring (bicyclic) bond motifs is 4. The quantitative estimate of drug-likeness (QED) is 0.0960. The van der Waals surface area contributed by atoms with E-state index in [0.717, 1.165) is 9.80 Å². The van der Waals surface area contributed by atoms with Gasteiger partial charge in [-0.2, -0.15) is 0 Å². The Kier molecular flexibility index (Phi) is 7.67. The van der Waals surface area contributed by atoms with E-state index < -0.39 is 23.6 Å². The normalized spacial score (nSPS) is 18.9. The number of anilines is 2. The van der Waals surface area contributed by atoms with Crippen molar-refractivity contribution in [3.05, 3.63) is 103 Å². The molecule has 288 valence electrons. The van der Waals surface area contributed by atoms with E-state index in [4.69, 9.17) is 65.4 Å². The Hall–Kier alpha value is -5.52. The van der Waals surface area contributed by atoms with Crippen LogP contribution in [-0.4, -0.2) is 50.1 Å². The fourth-order valence-corrected chi connectivity index (χ4v) is 9.88. The number of imide groups is 2. The summed E-state index contributed by atoms with van der Waals surface area (Å²) in [7, 11) is 0. The van der Waals surface area contributed by atoms with Crippen molar-refractivity contribution in [2.75, 3.05) is 36.2 Å². The summed E-state index contributed by atoms with van der Waals surface area (Å²) >= 11 is 28.7. The third-order valence-corrected chi connectivity index (χ3v) is 12.5. The molecule has 0 spiro atoms. The fourth-order valence-electron chi connectivity index (χ4n) is 8.69. The molecule has 0 N–H and O–H groups in total. The average molecular weight is 853 g/mol. The maximum Gasteiger partial charge on any atom is 0.266 e. The van der Waals surface area contributed by atoms with Gasteiger partial charge in [-0.15, -0.1) is 0 Å². The van der Waals surface area contributed by atoms with E-state index in [1.165, 1.54) is 24.3 Å². The van der Waals surface area contributed by atoms with Gasteiger partial charge in [-0.3, -0.25) is 19.2 Å². The van der Waals surface area contributed by atoms with E-state index in [1.54, 1.807) is 36.4 Å². The number of hydrogen-bond donors (Lipinski definition) is 0. The Morgan fingerprint density at radius 3 is 1.02 bits per heavy atom. The molecule has 4 aliphatic rings. The van der Waals surface area contributed by atoms with Crippen LogP contribution in [0.1, 0.15) is 55.3 Å². The Bertz CT molecular complexity index is 2770. The van der Waals surface area contributed by atoms with Gasteiger partial charge in [-0.05, 0) is 48.5 Å². The van der Waals surface area contributed by atoms with Crippen molar-refractivity contribution in [3.8, 4) is 23.0 Å². The van der Waals surface area contributed by atoms with Gasteiger partial charge < -0.3 is 18.9 Å². The molecule has 2 unspecified atom stereocenters. The van der Waals surface area contributed by atoms with Crippen molar-refractivity contribution >= 4 is 124 Å². The number of rotatable bonds is 2. The molecule has 14 heteroatoms. The molecular formula is C44H26Cl4N2O8. The van der Waals surface area contributed by atoms with Crippen LogP contribution < -0.4 is 28.7 Å². The van der Waals surface area contributed by atoms with E-state index in [2.05, 4.69) is 0 Å². The van der Waals surface area contributed by atoms with Gasteiger partial charge in [0.05, 0.1) is 60.1 Å². The maximum atomic E-state index is 14.5. The number of benzene rings is 7. The number of ether oxygens (including phenoxy) is 4. The number of nitrogens with zero attached hydrogens (tertiary/aromatic N) is 2. The van der Waals surface area contributed by atoms with Crippen molar-refractivity contribution < 1.29 is 38.1 Å². The lowest BCUT2D eigenvalue weighted by Gasteiger charge is -2.31. The van der Waals surface area contributed by atoms with Crippen LogP contribution in [0.2, 0.25) is 20.1 Å². The number of carbonyl (C=O) groups excluding carboxylic acids is 4. The molecule has 0 aromatic heterocycles. The zero-order valence-electron chi connectivity index (χ0n) is 30.4. The average Bonchev–Trinajstić information content (AvgIpc) is 3.51. The first-order valence-corrected chi connectivity index (χ1v) is 20.0. The summed E-state index contributed by atoms with van der Waals surface area (Å²) in [4.78, 5) is 60.1. The lowest BCUT2D eigenvalue weighted by Crippen LogP contribution is -2.40. The van der Waals surface area contributed by atoms with Gasteiger partial charge in [0.2, 0.25) is 0 Å². The molecule has 7 aromatic carbocycles. The molecule has 0 bridgehead atoms. The molecule has 0 fully saturated rings. The Morgan fingerprint density at radius 1 is 0.414 bits per heavy atom. The summed E-state index contributed by atoms with van der Waals surface area (Å²) in [6.07, 6.45) is 0. The minimum atomic E-state index is -0.615. The largest absolute Gasteiger partial charge is 0.489 e. The van der Waals surface area contributed by atoms with Crippen molar-refractivity contribution in [2.24, 2.45) is 11.8 Å². The van der Waals surface area contributed by atoms with Gasteiger partial charge in [0, 0.05) is 87.1 Å². The highest BCUT2D eigenvalue weighted by molar-refractivity contribution is 6.57. The molecule has 7 aromatic rings. The first-order valence-electron chi connectivity index (χ1n) is 18.5. The van der Waals surface area contributed by atoms with Crippen LogP contribution in [0.3, 0.4) is 0 Å². The molecule has 0 radical (unpaired) electrons. The van der Waals surface area contributed by atoms with Gasteiger partial charge in [0.1, 0.15) is 0 Å². The molecule has 11 rings (SSSR count). The predicted molar refractivity (Wildman–Crippen MR) is 223 cm³/mol. The maximum absolute atomic E-state index is 14.5. The highest BCUT2D eigenvalue weighted by atomic mass is 35.5. The Morgan fingerprint density at radius 2 is 0.707 bits per heavy atom. The van der Waals surface area contributed by atoms with E-state index >= 15 is 0 Å². The number of halogens is 4.